The van der Waals surface area contributed by atoms with Gasteiger partial charge in [0.1, 0.15) is 11.6 Å². The van der Waals surface area contributed by atoms with Gasteiger partial charge in [0.05, 0.1) is 6.20 Å². The van der Waals surface area contributed by atoms with E-state index in [2.05, 4.69) is 26.8 Å². The lowest BCUT2D eigenvalue weighted by Gasteiger charge is -2.09. The predicted octanol–water partition coefficient (Wildman–Crippen LogP) is 3.47. The van der Waals surface area contributed by atoms with Gasteiger partial charge >= 0.3 is 0 Å². The van der Waals surface area contributed by atoms with Crippen LogP contribution in [0.2, 0.25) is 0 Å². The zero-order valence-corrected chi connectivity index (χ0v) is 14.7. The van der Waals surface area contributed by atoms with E-state index in [0.29, 0.717) is 23.2 Å². The molecular formula is C20H21FN4O. The molecule has 2 aromatic heterocycles. The number of amides is 1. The van der Waals surface area contributed by atoms with Crippen molar-refractivity contribution in [2.45, 2.75) is 26.3 Å². The van der Waals surface area contributed by atoms with Crippen LogP contribution < -0.4 is 5.32 Å². The molecule has 0 saturated carbocycles. The maximum atomic E-state index is 13.9. The van der Waals surface area contributed by atoms with Crippen molar-refractivity contribution in [3.63, 3.8) is 0 Å². The number of pyridine rings is 1. The number of hydrogen-bond donors (Lipinski definition) is 1. The molecule has 1 N–H and O–H groups in total. The van der Waals surface area contributed by atoms with Crippen molar-refractivity contribution in [2.75, 3.05) is 6.54 Å². The van der Waals surface area contributed by atoms with E-state index in [1.165, 1.54) is 12.4 Å². The van der Waals surface area contributed by atoms with Crippen molar-refractivity contribution in [3.8, 4) is 11.1 Å². The standard InChI is InChI=1S/C20H21FN4O/c1-2-19-23-10-12-25(19)11-4-8-24-20(26)16-6-3-5-15(13-16)17-7-9-22-14-18(17)21/h3,5-7,9-10,12-14H,2,4,8,11H2,1H3,(H,24,26). The highest BCUT2D eigenvalue weighted by Gasteiger charge is 2.09. The number of halogens is 1. The van der Waals surface area contributed by atoms with Gasteiger partial charge in [-0.1, -0.05) is 19.1 Å². The third-order valence-electron chi connectivity index (χ3n) is 4.19. The molecule has 3 rings (SSSR count). The number of aryl methyl sites for hydroxylation is 2. The Morgan fingerprint density at radius 1 is 1.27 bits per heavy atom. The molecule has 0 radical (unpaired) electrons. The fourth-order valence-corrected chi connectivity index (χ4v) is 2.85. The molecule has 0 aliphatic rings. The first kappa shape index (κ1) is 17.8. The zero-order chi connectivity index (χ0) is 18.4. The van der Waals surface area contributed by atoms with Gasteiger partial charge in [0.15, 0.2) is 0 Å². The van der Waals surface area contributed by atoms with E-state index < -0.39 is 5.82 Å². The molecule has 0 saturated heterocycles. The molecule has 1 aromatic carbocycles. The summed E-state index contributed by atoms with van der Waals surface area (Å²) in [7, 11) is 0. The molecule has 0 atom stereocenters. The fourth-order valence-electron chi connectivity index (χ4n) is 2.85. The maximum absolute atomic E-state index is 13.9. The van der Waals surface area contributed by atoms with Gasteiger partial charge in [0, 0.05) is 49.2 Å². The maximum Gasteiger partial charge on any atom is 0.251 e. The number of carbonyl (C=O) groups is 1. The summed E-state index contributed by atoms with van der Waals surface area (Å²) in [5, 5.41) is 2.91. The number of benzene rings is 1. The Bertz CT molecular complexity index is 891. The van der Waals surface area contributed by atoms with E-state index in [-0.39, 0.29) is 5.91 Å². The third-order valence-corrected chi connectivity index (χ3v) is 4.19. The number of rotatable bonds is 7. The number of hydrogen-bond acceptors (Lipinski definition) is 3. The first-order valence-electron chi connectivity index (χ1n) is 8.67. The molecule has 3 aromatic rings. The molecule has 0 aliphatic heterocycles. The van der Waals surface area contributed by atoms with Crippen molar-refractivity contribution in [3.05, 3.63) is 72.3 Å². The van der Waals surface area contributed by atoms with E-state index in [9.17, 15) is 9.18 Å². The first-order chi connectivity index (χ1) is 12.7. The number of carbonyl (C=O) groups excluding carboxylic acids is 1. The van der Waals surface area contributed by atoms with Crippen LogP contribution in [0.4, 0.5) is 4.39 Å². The van der Waals surface area contributed by atoms with Crippen molar-refractivity contribution in [1.82, 2.24) is 19.9 Å². The van der Waals surface area contributed by atoms with Crippen LogP contribution in [0.1, 0.15) is 29.5 Å². The molecule has 0 bridgehead atoms. The Morgan fingerprint density at radius 2 is 2.15 bits per heavy atom. The van der Waals surface area contributed by atoms with E-state index in [1.807, 2.05) is 6.20 Å². The minimum absolute atomic E-state index is 0.164. The van der Waals surface area contributed by atoms with Gasteiger partial charge in [-0.25, -0.2) is 9.37 Å². The van der Waals surface area contributed by atoms with E-state index in [0.717, 1.165) is 25.2 Å². The molecule has 0 fully saturated rings. The van der Waals surface area contributed by atoms with Gasteiger partial charge in [-0.3, -0.25) is 9.78 Å². The van der Waals surface area contributed by atoms with Crippen LogP contribution in [0, 0.1) is 5.82 Å². The monoisotopic (exact) mass is 352 g/mol. The van der Waals surface area contributed by atoms with Gasteiger partial charge in [-0.15, -0.1) is 0 Å². The van der Waals surface area contributed by atoms with Crippen LogP contribution in [0.3, 0.4) is 0 Å². The van der Waals surface area contributed by atoms with Crippen LogP contribution >= 0.6 is 0 Å². The Morgan fingerprint density at radius 3 is 2.96 bits per heavy atom. The highest BCUT2D eigenvalue weighted by molar-refractivity contribution is 5.95. The molecule has 0 unspecified atom stereocenters. The lowest BCUT2D eigenvalue weighted by atomic mass is 10.0. The second kappa shape index (κ2) is 8.38. The highest BCUT2D eigenvalue weighted by Crippen LogP contribution is 2.22. The van der Waals surface area contributed by atoms with E-state index >= 15 is 0 Å². The number of aromatic nitrogens is 3. The summed E-state index contributed by atoms with van der Waals surface area (Å²) in [6.07, 6.45) is 8.15. The minimum Gasteiger partial charge on any atom is -0.352 e. The molecule has 134 valence electrons. The summed E-state index contributed by atoms with van der Waals surface area (Å²) in [5.74, 6) is 0.475. The Kier molecular flexibility index (Phi) is 5.73. The SMILES string of the molecule is CCc1nccn1CCCNC(=O)c1cccc(-c2ccncc2F)c1. The molecule has 0 aliphatic carbocycles. The largest absolute Gasteiger partial charge is 0.352 e. The third kappa shape index (κ3) is 4.14. The summed E-state index contributed by atoms with van der Waals surface area (Å²) in [4.78, 5) is 20.4. The normalized spacial score (nSPS) is 10.7. The molecular weight excluding hydrogens is 331 g/mol. The summed E-state index contributed by atoms with van der Waals surface area (Å²) in [6, 6.07) is 8.55. The van der Waals surface area contributed by atoms with Crippen LogP contribution in [0.15, 0.2) is 55.1 Å². The zero-order valence-electron chi connectivity index (χ0n) is 14.7. The van der Waals surface area contributed by atoms with Gasteiger partial charge in [0.25, 0.3) is 5.91 Å². The quantitative estimate of drug-likeness (QED) is 0.663. The van der Waals surface area contributed by atoms with Crippen molar-refractivity contribution in [2.24, 2.45) is 0 Å². The first-order valence-corrected chi connectivity index (χ1v) is 8.67. The van der Waals surface area contributed by atoms with E-state index in [1.54, 1.807) is 36.5 Å². The van der Waals surface area contributed by atoms with Crippen molar-refractivity contribution in [1.29, 1.82) is 0 Å². The molecule has 2 heterocycles. The van der Waals surface area contributed by atoms with Crippen molar-refractivity contribution >= 4 is 5.91 Å². The van der Waals surface area contributed by atoms with Crippen LogP contribution in [-0.2, 0) is 13.0 Å². The average molecular weight is 352 g/mol. The fraction of sp³-hybridized carbons (Fsp3) is 0.250. The van der Waals surface area contributed by atoms with Gasteiger partial charge in [0.2, 0.25) is 0 Å². The molecule has 5 nitrogen and oxygen atoms in total. The molecule has 26 heavy (non-hydrogen) atoms. The second-order valence-corrected chi connectivity index (χ2v) is 5.94. The van der Waals surface area contributed by atoms with Crippen molar-refractivity contribution < 1.29 is 9.18 Å². The van der Waals surface area contributed by atoms with Gasteiger partial charge in [-0.2, -0.15) is 0 Å². The summed E-state index contributed by atoms with van der Waals surface area (Å²) < 4.78 is 16.0. The predicted molar refractivity (Wildman–Crippen MR) is 98.2 cm³/mol. The number of nitrogens with zero attached hydrogens (tertiary/aromatic N) is 3. The Hall–Kier alpha value is -3.02. The van der Waals surface area contributed by atoms with E-state index in [4.69, 9.17) is 0 Å². The van der Waals surface area contributed by atoms with Gasteiger partial charge in [-0.05, 0) is 30.2 Å². The lowest BCUT2D eigenvalue weighted by Crippen LogP contribution is -2.25. The summed E-state index contributed by atoms with van der Waals surface area (Å²) >= 11 is 0. The second-order valence-electron chi connectivity index (χ2n) is 5.94. The number of imidazole rings is 1. The summed E-state index contributed by atoms with van der Waals surface area (Å²) in [6.45, 7) is 3.44. The highest BCUT2D eigenvalue weighted by atomic mass is 19.1. The Labute approximate surface area is 151 Å². The topological polar surface area (TPSA) is 59.8 Å². The van der Waals surface area contributed by atoms with Crippen LogP contribution in [0.25, 0.3) is 11.1 Å². The molecule has 6 heteroatoms. The van der Waals surface area contributed by atoms with Gasteiger partial charge < -0.3 is 9.88 Å². The van der Waals surface area contributed by atoms with Crippen LogP contribution in [0.5, 0.6) is 0 Å². The molecule has 1 amide bonds. The van der Waals surface area contributed by atoms with Crippen LogP contribution in [-0.4, -0.2) is 27.0 Å². The summed E-state index contributed by atoms with van der Waals surface area (Å²) in [5.41, 5.74) is 1.60. The number of nitrogens with one attached hydrogen (secondary N) is 1. The smallest absolute Gasteiger partial charge is 0.251 e. The minimum atomic E-state index is -0.405. The Balaban J connectivity index is 1.58. The average Bonchev–Trinajstić information content (AvgIpc) is 3.13. The molecule has 0 spiro atoms. The lowest BCUT2D eigenvalue weighted by molar-refractivity contribution is 0.0952.